The van der Waals surface area contributed by atoms with Crippen molar-refractivity contribution in [2.75, 3.05) is 0 Å². The van der Waals surface area contributed by atoms with Gasteiger partial charge in [0.15, 0.2) is 5.82 Å². The van der Waals surface area contributed by atoms with Gasteiger partial charge in [0.1, 0.15) is 11.2 Å². The third kappa shape index (κ3) is 5.15. The Balaban J connectivity index is 1.25. The summed E-state index contributed by atoms with van der Waals surface area (Å²) in [4.78, 5) is 10.4. The van der Waals surface area contributed by atoms with Crippen molar-refractivity contribution in [3.05, 3.63) is 182 Å². The van der Waals surface area contributed by atoms with Crippen LogP contribution in [-0.4, -0.2) is 9.97 Å². The van der Waals surface area contributed by atoms with Crippen LogP contribution in [0.25, 0.3) is 99.6 Å². The van der Waals surface area contributed by atoms with Gasteiger partial charge in [0.2, 0.25) is 0 Å². The molecule has 0 spiro atoms. The number of benzene rings is 8. The van der Waals surface area contributed by atoms with Crippen molar-refractivity contribution < 1.29 is 4.42 Å². The molecule has 0 fully saturated rings. The molecular formula is C48H30N2O. The van der Waals surface area contributed by atoms with Gasteiger partial charge in [0.05, 0.1) is 11.4 Å². The third-order valence-corrected chi connectivity index (χ3v) is 9.85. The molecule has 0 aliphatic heterocycles. The van der Waals surface area contributed by atoms with E-state index in [1.165, 1.54) is 27.1 Å². The topological polar surface area (TPSA) is 38.9 Å². The van der Waals surface area contributed by atoms with E-state index in [1.807, 2.05) is 30.3 Å². The number of hydrogen-bond donors (Lipinski definition) is 0. The smallest absolute Gasteiger partial charge is 0.160 e. The lowest BCUT2D eigenvalue weighted by Crippen LogP contribution is -1.97. The van der Waals surface area contributed by atoms with Gasteiger partial charge in [0.25, 0.3) is 0 Å². The van der Waals surface area contributed by atoms with Crippen molar-refractivity contribution in [2.24, 2.45) is 0 Å². The molecule has 0 saturated carbocycles. The van der Waals surface area contributed by atoms with Gasteiger partial charge < -0.3 is 4.42 Å². The van der Waals surface area contributed by atoms with Gasteiger partial charge in [-0.1, -0.05) is 140 Å². The zero-order valence-electron chi connectivity index (χ0n) is 27.6. The quantitative estimate of drug-likeness (QED) is 0.186. The lowest BCUT2D eigenvalue weighted by atomic mass is 9.91. The maximum atomic E-state index is 6.34. The highest BCUT2D eigenvalue weighted by atomic mass is 16.3. The van der Waals surface area contributed by atoms with E-state index in [-0.39, 0.29) is 0 Å². The monoisotopic (exact) mass is 650 g/mol. The third-order valence-electron chi connectivity index (χ3n) is 9.85. The average molecular weight is 651 g/mol. The van der Waals surface area contributed by atoms with Gasteiger partial charge in [-0.15, -0.1) is 0 Å². The fraction of sp³-hybridized carbons (Fsp3) is 0. The van der Waals surface area contributed by atoms with Crippen molar-refractivity contribution in [1.82, 2.24) is 9.97 Å². The fourth-order valence-electron chi connectivity index (χ4n) is 7.39. The zero-order valence-corrected chi connectivity index (χ0v) is 27.6. The number of hydrogen-bond acceptors (Lipinski definition) is 3. The summed E-state index contributed by atoms with van der Waals surface area (Å²) in [6.07, 6.45) is 0. The van der Waals surface area contributed by atoms with Gasteiger partial charge in [-0.25, -0.2) is 9.97 Å². The summed E-state index contributed by atoms with van der Waals surface area (Å²) in [5, 5.41) is 7.01. The second-order valence-corrected chi connectivity index (χ2v) is 13.0. The van der Waals surface area contributed by atoms with Gasteiger partial charge in [-0.3, -0.25) is 0 Å². The van der Waals surface area contributed by atoms with Crippen LogP contribution in [0.15, 0.2) is 186 Å². The molecule has 0 aliphatic carbocycles. The Labute approximate surface area is 295 Å². The van der Waals surface area contributed by atoms with Crippen molar-refractivity contribution in [2.45, 2.75) is 0 Å². The Kier molecular flexibility index (Phi) is 6.81. The lowest BCUT2D eigenvalue weighted by Gasteiger charge is -2.15. The summed E-state index contributed by atoms with van der Waals surface area (Å²) in [6, 6.07) is 64.0. The molecular weight excluding hydrogens is 621 g/mol. The summed E-state index contributed by atoms with van der Waals surface area (Å²) in [6.45, 7) is 0. The molecule has 0 N–H and O–H groups in total. The predicted octanol–water partition coefficient (Wildman–Crippen LogP) is 13.0. The normalized spacial score (nSPS) is 11.5. The van der Waals surface area contributed by atoms with E-state index < -0.39 is 0 Å². The Bertz CT molecular complexity index is 2920. The standard InChI is InChI=1S/C48H30N2O/c1-2-14-33(15-3-1)48-49-43(35-25-24-31-12-4-5-16-34(31)26-35)30-44(50-48)38-28-36(40-20-10-17-32-13-6-7-18-39(32)40)27-37(29-38)41-21-11-23-46-47(41)42-19-8-9-22-45(42)51-46/h1-30H. The van der Waals surface area contributed by atoms with E-state index in [4.69, 9.17) is 14.4 Å². The van der Waals surface area contributed by atoms with Crippen LogP contribution < -0.4 is 0 Å². The maximum absolute atomic E-state index is 6.34. The van der Waals surface area contributed by atoms with Crippen molar-refractivity contribution in [1.29, 1.82) is 0 Å². The highest BCUT2D eigenvalue weighted by molar-refractivity contribution is 6.13. The lowest BCUT2D eigenvalue weighted by molar-refractivity contribution is 0.669. The molecule has 2 aromatic heterocycles. The number of rotatable bonds is 5. The van der Waals surface area contributed by atoms with E-state index >= 15 is 0 Å². The van der Waals surface area contributed by atoms with Gasteiger partial charge in [0, 0.05) is 27.5 Å². The van der Waals surface area contributed by atoms with Crippen LogP contribution in [0.4, 0.5) is 0 Å². The summed E-state index contributed by atoms with van der Waals surface area (Å²) in [5.41, 5.74) is 11.0. The SMILES string of the molecule is c1ccc(-c2nc(-c3cc(-c4cccc5ccccc45)cc(-c4cccc5oc6ccccc6c45)c3)cc(-c3ccc4ccccc4c3)n2)cc1. The molecule has 2 heterocycles. The molecule has 10 aromatic rings. The van der Waals surface area contributed by atoms with Gasteiger partial charge in [-0.2, -0.15) is 0 Å². The summed E-state index contributed by atoms with van der Waals surface area (Å²) in [7, 11) is 0. The molecule has 0 amide bonds. The van der Waals surface area contributed by atoms with Gasteiger partial charge in [-0.05, 0) is 86.3 Å². The van der Waals surface area contributed by atoms with E-state index in [0.717, 1.165) is 66.7 Å². The Morgan fingerprint density at radius 2 is 0.941 bits per heavy atom. The van der Waals surface area contributed by atoms with Crippen LogP contribution in [0.2, 0.25) is 0 Å². The summed E-state index contributed by atoms with van der Waals surface area (Å²) in [5.74, 6) is 0.691. The highest BCUT2D eigenvalue weighted by Gasteiger charge is 2.17. The van der Waals surface area contributed by atoms with Crippen LogP contribution in [0.5, 0.6) is 0 Å². The molecule has 3 nitrogen and oxygen atoms in total. The van der Waals surface area contributed by atoms with Crippen LogP contribution in [0.1, 0.15) is 0 Å². The molecule has 0 aliphatic rings. The summed E-state index contributed by atoms with van der Waals surface area (Å²) < 4.78 is 6.34. The molecule has 8 aromatic carbocycles. The van der Waals surface area contributed by atoms with Crippen LogP contribution in [0, 0.1) is 0 Å². The molecule has 0 atom stereocenters. The average Bonchev–Trinajstić information content (AvgIpc) is 3.59. The molecule has 0 radical (unpaired) electrons. The minimum Gasteiger partial charge on any atom is -0.456 e. The first-order valence-corrected chi connectivity index (χ1v) is 17.2. The highest BCUT2D eigenvalue weighted by Crippen LogP contribution is 2.41. The molecule has 0 bridgehead atoms. The van der Waals surface area contributed by atoms with E-state index in [1.54, 1.807) is 0 Å². The van der Waals surface area contributed by atoms with E-state index in [2.05, 4.69) is 152 Å². The number of furan rings is 1. The minimum atomic E-state index is 0.691. The van der Waals surface area contributed by atoms with Crippen LogP contribution in [0.3, 0.4) is 0 Å². The van der Waals surface area contributed by atoms with Crippen LogP contribution >= 0.6 is 0 Å². The Hall–Kier alpha value is -6.84. The molecule has 0 saturated heterocycles. The van der Waals surface area contributed by atoms with Gasteiger partial charge >= 0.3 is 0 Å². The van der Waals surface area contributed by atoms with Crippen molar-refractivity contribution in [3.63, 3.8) is 0 Å². The Morgan fingerprint density at radius 1 is 0.333 bits per heavy atom. The first kappa shape index (κ1) is 29.1. The maximum Gasteiger partial charge on any atom is 0.160 e. The molecule has 3 heteroatoms. The minimum absolute atomic E-state index is 0.691. The van der Waals surface area contributed by atoms with Crippen LogP contribution in [-0.2, 0) is 0 Å². The molecule has 238 valence electrons. The molecule has 51 heavy (non-hydrogen) atoms. The second kappa shape index (κ2) is 11.9. The molecule has 10 rings (SSSR count). The van der Waals surface area contributed by atoms with Crippen molar-refractivity contribution >= 4 is 43.5 Å². The Morgan fingerprint density at radius 3 is 1.80 bits per heavy atom. The number of para-hydroxylation sites is 1. The number of nitrogens with zero attached hydrogens (tertiary/aromatic N) is 2. The zero-order chi connectivity index (χ0) is 33.7. The van der Waals surface area contributed by atoms with Crippen molar-refractivity contribution in [3.8, 4) is 56.2 Å². The van der Waals surface area contributed by atoms with E-state index in [0.29, 0.717) is 5.82 Å². The summed E-state index contributed by atoms with van der Waals surface area (Å²) >= 11 is 0. The second-order valence-electron chi connectivity index (χ2n) is 13.0. The first-order chi connectivity index (χ1) is 25.2. The first-order valence-electron chi connectivity index (χ1n) is 17.2. The predicted molar refractivity (Wildman–Crippen MR) is 212 cm³/mol. The fourth-order valence-corrected chi connectivity index (χ4v) is 7.39. The van der Waals surface area contributed by atoms with E-state index in [9.17, 15) is 0 Å². The molecule has 0 unspecified atom stereocenters. The number of aromatic nitrogens is 2. The largest absolute Gasteiger partial charge is 0.456 e. The number of fused-ring (bicyclic) bond motifs is 5.